The Balaban J connectivity index is 2.88. The van der Waals surface area contributed by atoms with Gasteiger partial charge in [-0.25, -0.2) is 4.98 Å². The van der Waals surface area contributed by atoms with E-state index in [0.29, 0.717) is 5.52 Å². The van der Waals surface area contributed by atoms with Gasteiger partial charge in [0, 0.05) is 25.7 Å². The van der Waals surface area contributed by atoms with Crippen LogP contribution in [-0.4, -0.2) is 9.91 Å². The number of nitro benzene ring substituents is 1. The fourth-order valence-corrected chi connectivity index (χ4v) is 2.18. The molecule has 4 nitrogen and oxygen atoms in total. The van der Waals surface area contributed by atoms with E-state index in [1.165, 1.54) is 6.07 Å². The number of halogens is 2. The van der Waals surface area contributed by atoms with Gasteiger partial charge < -0.3 is 0 Å². The summed E-state index contributed by atoms with van der Waals surface area (Å²) >= 11 is 5.47. The molecule has 0 aliphatic rings. The van der Waals surface area contributed by atoms with Crippen LogP contribution in [0.25, 0.3) is 10.9 Å². The molecule has 0 amide bonds. The first-order valence-electron chi connectivity index (χ1n) is 3.98. The van der Waals surface area contributed by atoms with E-state index < -0.39 is 4.92 Å². The zero-order valence-electron chi connectivity index (χ0n) is 7.28. The van der Waals surface area contributed by atoms with Crippen molar-refractivity contribution in [1.29, 1.82) is 0 Å². The summed E-state index contributed by atoms with van der Waals surface area (Å²) in [5.74, 6) is 0. The molecule has 0 aliphatic heterocycles. The summed E-state index contributed by atoms with van der Waals surface area (Å²) < 4.78 is 1.76. The van der Waals surface area contributed by atoms with Crippen molar-refractivity contribution in [1.82, 2.24) is 4.98 Å². The molecule has 0 bridgehead atoms. The van der Waals surface area contributed by atoms with Crippen LogP contribution in [0, 0.1) is 13.7 Å². The van der Waals surface area contributed by atoms with Crippen LogP contribution in [-0.2, 0) is 0 Å². The van der Waals surface area contributed by atoms with Crippen LogP contribution in [0.4, 0.5) is 5.69 Å². The van der Waals surface area contributed by atoms with Gasteiger partial charge in [-0.05, 0) is 34.7 Å². The highest BCUT2D eigenvalue weighted by Gasteiger charge is 2.14. The minimum Gasteiger partial charge on any atom is -0.258 e. The lowest BCUT2D eigenvalue weighted by molar-refractivity contribution is -0.383. The fourth-order valence-electron chi connectivity index (χ4n) is 1.29. The van der Waals surface area contributed by atoms with Crippen LogP contribution in [0.5, 0.6) is 0 Å². The smallest absolute Gasteiger partial charge is 0.258 e. The molecule has 76 valence electrons. The van der Waals surface area contributed by atoms with Gasteiger partial charge in [-0.1, -0.05) is 15.9 Å². The van der Waals surface area contributed by atoms with Crippen molar-refractivity contribution >= 4 is 55.1 Å². The van der Waals surface area contributed by atoms with Crippen molar-refractivity contribution in [3.8, 4) is 0 Å². The Labute approximate surface area is 107 Å². The van der Waals surface area contributed by atoms with Gasteiger partial charge in [-0.3, -0.25) is 10.1 Å². The molecule has 0 saturated heterocycles. The van der Waals surface area contributed by atoms with E-state index in [1.54, 1.807) is 12.3 Å². The van der Waals surface area contributed by atoms with Crippen LogP contribution >= 0.6 is 38.5 Å². The number of aromatic nitrogens is 1. The first kappa shape index (κ1) is 10.7. The van der Waals surface area contributed by atoms with Crippen molar-refractivity contribution in [2.75, 3.05) is 0 Å². The van der Waals surface area contributed by atoms with Crippen LogP contribution < -0.4 is 0 Å². The summed E-state index contributed by atoms with van der Waals surface area (Å²) in [6, 6.07) is 4.98. The lowest BCUT2D eigenvalue weighted by Gasteiger charge is -2.01. The molecule has 2 rings (SSSR count). The van der Waals surface area contributed by atoms with Gasteiger partial charge in [0.2, 0.25) is 0 Å². The molecule has 2 aromatic rings. The second-order valence-electron chi connectivity index (χ2n) is 2.87. The highest BCUT2D eigenvalue weighted by Crippen LogP contribution is 2.30. The fraction of sp³-hybridized carbons (Fsp3) is 0. The largest absolute Gasteiger partial charge is 0.295 e. The van der Waals surface area contributed by atoms with Gasteiger partial charge >= 0.3 is 0 Å². The molecule has 1 aromatic carbocycles. The van der Waals surface area contributed by atoms with Gasteiger partial charge in [0.25, 0.3) is 5.69 Å². The molecule has 0 atom stereocenters. The number of nitro groups is 1. The van der Waals surface area contributed by atoms with Crippen molar-refractivity contribution in [2.45, 2.75) is 0 Å². The molecule has 1 aromatic heterocycles. The van der Waals surface area contributed by atoms with E-state index in [9.17, 15) is 10.1 Å². The molecular formula is C9H4BrIN2O2. The summed E-state index contributed by atoms with van der Waals surface area (Å²) in [5.41, 5.74) is 0.444. The minimum absolute atomic E-state index is 0.0320. The molecule has 0 fully saturated rings. The SMILES string of the molecule is O=[N+]([O-])c1ccc(Br)c2cc(I)cnc12. The number of hydrogen-bond acceptors (Lipinski definition) is 3. The summed E-state index contributed by atoms with van der Waals surface area (Å²) in [6.45, 7) is 0. The summed E-state index contributed by atoms with van der Waals surface area (Å²) in [4.78, 5) is 14.4. The molecule has 0 saturated carbocycles. The van der Waals surface area contributed by atoms with Crippen molar-refractivity contribution in [2.24, 2.45) is 0 Å². The third-order valence-electron chi connectivity index (χ3n) is 1.94. The van der Waals surface area contributed by atoms with Crippen molar-refractivity contribution in [3.63, 3.8) is 0 Å². The molecule has 0 unspecified atom stereocenters. The maximum absolute atomic E-state index is 10.8. The molecule has 6 heteroatoms. The lowest BCUT2D eigenvalue weighted by atomic mass is 10.2. The number of fused-ring (bicyclic) bond motifs is 1. The Bertz CT molecular complexity index is 559. The highest BCUT2D eigenvalue weighted by atomic mass is 127. The molecule has 15 heavy (non-hydrogen) atoms. The molecule has 0 N–H and O–H groups in total. The zero-order valence-corrected chi connectivity index (χ0v) is 11.0. The lowest BCUT2D eigenvalue weighted by Crippen LogP contribution is -1.92. The van der Waals surface area contributed by atoms with Crippen LogP contribution in [0.15, 0.2) is 28.9 Å². The molecule has 0 radical (unpaired) electrons. The Kier molecular flexibility index (Phi) is 2.87. The third-order valence-corrected chi connectivity index (χ3v) is 3.22. The molecule has 1 heterocycles. The first-order chi connectivity index (χ1) is 7.09. The zero-order chi connectivity index (χ0) is 11.0. The number of pyridine rings is 1. The summed E-state index contributed by atoms with van der Waals surface area (Å²) in [5, 5.41) is 11.5. The number of rotatable bonds is 1. The van der Waals surface area contributed by atoms with Gasteiger partial charge in [-0.15, -0.1) is 0 Å². The van der Waals surface area contributed by atoms with E-state index in [1.807, 2.05) is 6.07 Å². The van der Waals surface area contributed by atoms with E-state index in [4.69, 9.17) is 0 Å². The second kappa shape index (κ2) is 4.01. The predicted molar refractivity (Wildman–Crippen MR) is 68.8 cm³/mol. The monoisotopic (exact) mass is 378 g/mol. The number of non-ortho nitro benzene ring substituents is 1. The summed E-state index contributed by atoms with van der Waals surface area (Å²) in [7, 11) is 0. The van der Waals surface area contributed by atoms with Crippen molar-refractivity contribution < 1.29 is 4.92 Å². The Morgan fingerprint density at radius 2 is 2.20 bits per heavy atom. The van der Waals surface area contributed by atoms with Gasteiger partial charge in [0.15, 0.2) is 0 Å². The van der Waals surface area contributed by atoms with Crippen LogP contribution in [0.1, 0.15) is 0 Å². The summed E-state index contributed by atoms with van der Waals surface area (Å²) in [6.07, 6.45) is 1.61. The van der Waals surface area contributed by atoms with Crippen LogP contribution in [0.3, 0.4) is 0 Å². The van der Waals surface area contributed by atoms with Crippen molar-refractivity contribution in [3.05, 3.63) is 42.6 Å². The second-order valence-corrected chi connectivity index (χ2v) is 4.97. The van der Waals surface area contributed by atoms with Gasteiger partial charge in [0.05, 0.1) is 4.92 Å². The average molecular weight is 379 g/mol. The number of hydrogen-bond donors (Lipinski definition) is 0. The Morgan fingerprint density at radius 1 is 1.47 bits per heavy atom. The molecular weight excluding hydrogens is 375 g/mol. The van der Waals surface area contributed by atoms with Gasteiger partial charge in [0.1, 0.15) is 5.52 Å². The maximum Gasteiger partial charge on any atom is 0.295 e. The van der Waals surface area contributed by atoms with E-state index in [-0.39, 0.29) is 5.69 Å². The Hall–Kier alpha value is -0.760. The number of nitrogens with zero attached hydrogens (tertiary/aromatic N) is 2. The van der Waals surface area contributed by atoms with E-state index in [0.717, 1.165) is 13.4 Å². The Morgan fingerprint density at radius 3 is 2.87 bits per heavy atom. The highest BCUT2D eigenvalue weighted by molar-refractivity contribution is 14.1. The van der Waals surface area contributed by atoms with E-state index in [2.05, 4.69) is 43.5 Å². The quantitative estimate of drug-likeness (QED) is 0.433. The standard InChI is InChI=1S/C9H4BrIN2O2/c10-7-1-2-8(13(14)15)9-6(7)3-5(11)4-12-9/h1-4H. The third kappa shape index (κ3) is 1.96. The number of benzene rings is 1. The van der Waals surface area contributed by atoms with Crippen LogP contribution in [0.2, 0.25) is 0 Å². The molecule has 0 spiro atoms. The molecule has 0 aliphatic carbocycles. The average Bonchev–Trinajstić information content (AvgIpc) is 2.19. The first-order valence-corrected chi connectivity index (χ1v) is 5.85. The van der Waals surface area contributed by atoms with E-state index >= 15 is 0 Å². The normalized spacial score (nSPS) is 10.5. The minimum atomic E-state index is -0.422. The topological polar surface area (TPSA) is 56.0 Å². The predicted octanol–water partition coefficient (Wildman–Crippen LogP) is 3.51. The van der Waals surface area contributed by atoms with Gasteiger partial charge in [-0.2, -0.15) is 0 Å². The maximum atomic E-state index is 10.8.